The van der Waals surface area contributed by atoms with Crippen LogP contribution >= 0.6 is 0 Å². The molecule has 1 aromatic heterocycles. The van der Waals surface area contributed by atoms with Crippen molar-refractivity contribution in [1.82, 2.24) is 9.88 Å². The normalized spacial score (nSPS) is 12.0. The third-order valence-corrected chi connectivity index (χ3v) is 2.69. The second-order valence-electron chi connectivity index (χ2n) is 4.28. The van der Waals surface area contributed by atoms with Crippen LogP contribution in [0.2, 0.25) is 0 Å². The first-order valence-electron chi connectivity index (χ1n) is 5.45. The molecule has 1 heterocycles. The van der Waals surface area contributed by atoms with Crippen molar-refractivity contribution < 1.29 is 0 Å². The predicted molar refractivity (Wildman–Crippen MR) is 67.3 cm³/mol. The Labute approximate surface area is 102 Å². The Balaban J connectivity index is 3.00. The maximum absolute atomic E-state index is 9.14. The number of nitrogens with two attached hydrogens (primary N) is 1. The van der Waals surface area contributed by atoms with E-state index in [-0.39, 0.29) is 11.5 Å². The van der Waals surface area contributed by atoms with Crippen LogP contribution in [-0.2, 0) is 0 Å². The third kappa shape index (κ3) is 3.18. The molecular formula is C12H17N5. The molecule has 5 nitrogen and oxygen atoms in total. The van der Waals surface area contributed by atoms with Crippen molar-refractivity contribution in [2.75, 3.05) is 0 Å². The summed E-state index contributed by atoms with van der Waals surface area (Å²) in [6.07, 6.45) is 6.12. The first-order chi connectivity index (χ1) is 8.01. The molecule has 0 atom stereocenters. The quantitative estimate of drug-likeness (QED) is 0.373. The fourth-order valence-electron chi connectivity index (χ4n) is 1.26. The minimum absolute atomic E-state index is 0.187. The van der Waals surface area contributed by atoms with Gasteiger partial charge < -0.3 is 5.73 Å². The minimum Gasteiger partial charge on any atom is -0.369 e. The summed E-state index contributed by atoms with van der Waals surface area (Å²) in [7, 11) is 0. The van der Waals surface area contributed by atoms with Crippen molar-refractivity contribution in [3.8, 4) is 6.19 Å². The second kappa shape index (κ2) is 5.30. The Kier molecular flexibility index (Phi) is 4.05. The van der Waals surface area contributed by atoms with E-state index in [0.717, 1.165) is 6.42 Å². The molecule has 0 fully saturated rings. The summed E-state index contributed by atoms with van der Waals surface area (Å²) in [5.74, 6) is 0.187. The van der Waals surface area contributed by atoms with Gasteiger partial charge >= 0.3 is 0 Å². The van der Waals surface area contributed by atoms with Crippen molar-refractivity contribution in [2.45, 2.75) is 32.7 Å². The molecule has 90 valence electrons. The van der Waals surface area contributed by atoms with Crippen LogP contribution in [0, 0.1) is 11.5 Å². The van der Waals surface area contributed by atoms with Crippen LogP contribution in [0.4, 0.5) is 5.69 Å². The average molecular weight is 231 g/mol. The first kappa shape index (κ1) is 13.0. The number of nitriles is 1. The molecule has 0 spiro atoms. The number of rotatable bonds is 3. The number of aliphatic imine (C=N–C) groups is 1. The van der Waals surface area contributed by atoms with Crippen molar-refractivity contribution in [3.05, 3.63) is 24.5 Å². The zero-order valence-electron chi connectivity index (χ0n) is 10.4. The second-order valence-corrected chi connectivity index (χ2v) is 4.28. The van der Waals surface area contributed by atoms with Gasteiger partial charge in [0.1, 0.15) is 0 Å². The highest BCUT2D eigenvalue weighted by molar-refractivity contribution is 5.83. The number of guanidine groups is 1. The number of hydrogen-bond donors (Lipinski definition) is 1. The van der Waals surface area contributed by atoms with Crippen LogP contribution in [0.3, 0.4) is 0 Å². The molecule has 0 saturated heterocycles. The molecule has 17 heavy (non-hydrogen) atoms. The van der Waals surface area contributed by atoms with Gasteiger partial charge in [-0.1, -0.05) is 6.92 Å². The van der Waals surface area contributed by atoms with E-state index in [1.807, 2.05) is 20.8 Å². The number of hydrogen-bond acceptors (Lipinski definition) is 3. The van der Waals surface area contributed by atoms with Gasteiger partial charge in [-0.05, 0) is 32.4 Å². The van der Waals surface area contributed by atoms with Gasteiger partial charge in [0.25, 0.3) is 0 Å². The summed E-state index contributed by atoms with van der Waals surface area (Å²) in [6, 6.07) is 3.56. The van der Waals surface area contributed by atoms with Crippen LogP contribution in [0.1, 0.15) is 27.2 Å². The Hall–Kier alpha value is -2.09. The van der Waals surface area contributed by atoms with Gasteiger partial charge in [-0.15, -0.1) is 0 Å². The van der Waals surface area contributed by atoms with Gasteiger partial charge in [0.2, 0.25) is 5.96 Å². The molecule has 0 aromatic carbocycles. The highest BCUT2D eigenvalue weighted by atomic mass is 15.3. The van der Waals surface area contributed by atoms with E-state index in [1.165, 1.54) is 4.90 Å². The molecule has 0 unspecified atom stereocenters. The molecule has 0 saturated carbocycles. The largest absolute Gasteiger partial charge is 0.369 e. The third-order valence-electron chi connectivity index (χ3n) is 2.69. The fourth-order valence-corrected chi connectivity index (χ4v) is 1.26. The molecule has 1 aromatic rings. The summed E-state index contributed by atoms with van der Waals surface area (Å²) in [5.41, 5.74) is 6.14. The molecule has 2 N–H and O–H groups in total. The molecule has 0 amide bonds. The molecular weight excluding hydrogens is 214 g/mol. The maximum atomic E-state index is 9.14. The first-order valence-corrected chi connectivity index (χ1v) is 5.45. The van der Waals surface area contributed by atoms with Crippen molar-refractivity contribution in [1.29, 1.82) is 5.26 Å². The smallest absolute Gasteiger partial charge is 0.210 e. The van der Waals surface area contributed by atoms with Crippen LogP contribution in [-0.4, -0.2) is 21.4 Å². The topological polar surface area (TPSA) is 78.3 Å². The Bertz CT molecular complexity index is 430. The molecule has 0 aliphatic carbocycles. The lowest BCUT2D eigenvalue weighted by atomic mass is 10.0. The van der Waals surface area contributed by atoms with Gasteiger partial charge in [0.05, 0.1) is 17.4 Å². The summed E-state index contributed by atoms with van der Waals surface area (Å²) in [4.78, 5) is 9.54. The lowest BCUT2D eigenvalue weighted by Gasteiger charge is -2.32. The van der Waals surface area contributed by atoms with Crippen molar-refractivity contribution in [3.63, 3.8) is 0 Å². The van der Waals surface area contributed by atoms with Gasteiger partial charge in [0.15, 0.2) is 6.19 Å². The van der Waals surface area contributed by atoms with E-state index in [2.05, 4.69) is 16.2 Å². The summed E-state index contributed by atoms with van der Waals surface area (Å²) in [6.45, 7) is 5.89. The zero-order chi connectivity index (χ0) is 12.9. The van der Waals surface area contributed by atoms with Crippen LogP contribution in [0.15, 0.2) is 29.5 Å². The fraction of sp³-hybridized carbons (Fsp3) is 0.417. The molecule has 5 heteroatoms. The Morgan fingerprint density at radius 3 is 2.82 bits per heavy atom. The van der Waals surface area contributed by atoms with E-state index >= 15 is 0 Å². The monoisotopic (exact) mass is 231 g/mol. The van der Waals surface area contributed by atoms with Gasteiger partial charge in [-0.3, -0.25) is 4.98 Å². The number of aromatic nitrogens is 1. The average Bonchev–Trinajstić information content (AvgIpc) is 2.30. The van der Waals surface area contributed by atoms with E-state index in [4.69, 9.17) is 11.0 Å². The van der Waals surface area contributed by atoms with Crippen molar-refractivity contribution in [2.24, 2.45) is 10.7 Å². The van der Waals surface area contributed by atoms with Gasteiger partial charge in [0, 0.05) is 6.20 Å². The van der Waals surface area contributed by atoms with Gasteiger partial charge in [-0.25, -0.2) is 9.89 Å². The van der Waals surface area contributed by atoms with Crippen molar-refractivity contribution >= 4 is 11.6 Å². The van der Waals surface area contributed by atoms with E-state index < -0.39 is 0 Å². The summed E-state index contributed by atoms with van der Waals surface area (Å²) >= 11 is 0. The number of pyridine rings is 1. The molecule has 0 aliphatic heterocycles. The highest BCUT2D eigenvalue weighted by Gasteiger charge is 2.26. The Morgan fingerprint density at radius 2 is 2.35 bits per heavy atom. The Morgan fingerprint density at radius 1 is 1.65 bits per heavy atom. The molecule has 1 rings (SSSR count). The van der Waals surface area contributed by atoms with Crippen LogP contribution < -0.4 is 5.73 Å². The lowest BCUT2D eigenvalue weighted by molar-refractivity contribution is 0.281. The van der Waals surface area contributed by atoms with E-state index in [0.29, 0.717) is 5.69 Å². The van der Waals surface area contributed by atoms with Crippen LogP contribution in [0.25, 0.3) is 0 Å². The number of nitrogens with zero attached hydrogens (tertiary/aromatic N) is 4. The zero-order valence-corrected chi connectivity index (χ0v) is 10.4. The van der Waals surface area contributed by atoms with E-state index in [9.17, 15) is 0 Å². The summed E-state index contributed by atoms with van der Waals surface area (Å²) < 4.78 is 0. The van der Waals surface area contributed by atoms with E-state index in [1.54, 1.807) is 24.5 Å². The highest BCUT2D eigenvalue weighted by Crippen LogP contribution is 2.18. The predicted octanol–water partition coefficient (Wildman–Crippen LogP) is 2.00. The summed E-state index contributed by atoms with van der Waals surface area (Å²) in [5, 5.41) is 9.14. The van der Waals surface area contributed by atoms with Gasteiger partial charge in [-0.2, -0.15) is 5.26 Å². The SMILES string of the molecule is CCC(C)(C)N(C#N)C(N)=Nc1cccnc1. The lowest BCUT2D eigenvalue weighted by Crippen LogP contribution is -2.47. The maximum Gasteiger partial charge on any atom is 0.210 e. The molecule has 0 aliphatic rings. The minimum atomic E-state index is -0.343. The standard InChI is InChI=1S/C12H17N5/c1-4-12(2,3)17(9-13)11(14)16-10-6-5-7-15-8-10/h5-8H,4H2,1-3H3,(H2,14,16). The molecule has 0 radical (unpaired) electrons. The molecule has 0 bridgehead atoms. The van der Waals surface area contributed by atoms with Crippen LogP contribution in [0.5, 0.6) is 0 Å².